The van der Waals surface area contributed by atoms with E-state index in [9.17, 15) is 14.4 Å². The predicted octanol–water partition coefficient (Wildman–Crippen LogP) is 3.93. The van der Waals surface area contributed by atoms with E-state index in [0.29, 0.717) is 24.9 Å². The normalized spacial score (nSPS) is 20.8. The van der Waals surface area contributed by atoms with Crippen LogP contribution in [-0.4, -0.2) is 24.0 Å². The SMILES string of the molecule is O=C1CCCc2cc(C(=O)N3CC4CCC(=O)c5cccc3c54)ccc21. The summed E-state index contributed by atoms with van der Waals surface area (Å²) in [7, 11) is 0. The van der Waals surface area contributed by atoms with Crippen LogP contribution in [0.5, 0.6) is 0 Å². The number of amides is 1. The van der Waals surface area contributed by atoms with Gasteiger partial charge in [-0.1, -0.05) is 18.2 Å². The maximum atomic E-state index is 13.2. The predicted molar refractivity (Wildman–Crippen MR) is 98.1 cm³/mol. The van der Waals surface area contributed by atoms with E-state index >= 15 is 0 Å². The Morgan fingerprint density at radius 1 is 0.962 bits per heavy atom. The fraction of sp³-hybridized carbons (Fsp3) is 0.318. The standard InChI is InChI=1S/C22H19NO3/c24-19-6-1-3-13-11-14(7-9-16(13)19)22(26)23-12-15-8-10-20(25)17-4-2-5-18(23)21(15)17/h2,4-5,7,9,11,15H,1,3,6,8,10,12H2. The molecule has 0 fully saturated rings. The Kier molecular flexibility index (Phi) is 3.36. The third-order valence-electron chi connectivity index (χ3n) is 5.95. The van der Waals surface area contributed by atoms with Crippen molar-refractivity contribution in [3.8, 4) is 0 Å². The second-order valence-electron chi connectivity index (χ2n) is 7.46. The van der Waals surface area contributed by atoms with E-state index < -0.39 is 0 Å². The van der Waals surface area contributed by atoms with Gasteiger partial charge in [-0.15, -0.1) is 0 Å². The number of Topliss-reactive ketones (excluding diaryl/α,β-unsaturated/α-hetero) is 2. The highest BCUT2D eigenvalue weighted by atomic mass is 16.2. The molecule has 26 heavy (non-hydrogen) atoms. The molecule has 2 aromatic carbocycles. The van der Waals surface area contributed by atoms with Gasteiger partial charge in [0.15, 0.2) is 11.6 Å². The molecule has 4 nitrogen and oxygen atoms in total. The Bertz CT molecular complexity index is 975. The minimum atomic E-state index is -0.0407. The number of nitrogens with zero attached hydrogens (tertiary/aromatic N) is 1. The number of aryl methyl sites for hydroxylation is 1. The molecule has 0 N–H and O–H groups in total. The van der Waals surface area contributed by atoms with Crippen molar-refractivity contribution in [2.75, 3.05) is 11.4 Å². The molecule has 1 unspecified atom stereocenters. The molecule has 0 saturated carbocycles. The highest BCUT2D eigenvalue weighted by molar-refractivity contribution is 6.10. The van der Waals surface area contributed by atoms with Gasteiger partial charge in [0.2, 0.25) is 0 Å². The molecular weight excluding hydrogens is 326 g/mol. The lowest BCUT2D eigenvalue weighted by atomic mass is 9.83. The Balaban J connectivity index is 1.54. The number of hydrogen-bond donors (Lipinski definition) is 0. The molecule has 1 atom stereocenters. The Labute approximate surface area is 151 Å². The summed E-state index contributed by atoms with van der Waals surface area (Å²) in [4.78, 5) is 39.3. The second-order valence-corrected chi connectivity index (χ2v) is 7.46. The number of anilines is 1. The van der Waals surface area contributed by atoms with Crippen LogP contribution in [0.4, 0.5) is 5.69 Å². The highest BCUT2D eigenvalue weighted by Gasteiger charge is 2.38. The molecule has 4 heteroatoms. The number of fused-ring (bicyclic) bond motifs is 1. The molecule has 0 radical (unpaired) electrons. The number of benzene rings is 2. The highest BCUT2D eigenvalue weighted by Crippen LogP contribution is 2.44. The average molecular weight is 345 g/mol. The molecule has 0 aromatic heterocycles. The minimum Gasteiger partial charge on any atom is -0.307 e. The van der Waals surface area contributed by atoms with Crippen LogP contribution in [0.25, 0.3) is 0 Å². The monoisotopic (exact) mass is 345 g/mol. The molecule has 2 aromatic rings. The summed E-state index contributed by atoms with van der Waals surface area (Å²) in [5, 5.41) is 0. The Hall–Kier alpha value is -2.75. The fourth-order valence-electron chi connectivity index (χ4n) is 4.67. The van der Waals surface area contributed by atoms with Gasteiger partial charge >= 0.3 is 0 Å². The number of carbonyl (C=O) groups excluding carboxylic acids is 3. The number of rotatable bonds is 1. The molecule has 1 heterocycles. The van der Waals surface area contributed by atoms with Crippen molar-refractivity contribution >= 4 is 23.2 Å². The van der Waals surface area contributed by atoms with E-state index in [1.807, 2.05) is 29.2 Å². The topological polar surface area (TPSA) is 54.5 Å². The van der Waals surface area contributed by atoms with E-state index in [-0.39, 0.29) is 23.4 Å². The van der Waals surface area contributed by atoms with Crippen molar-refractivity contribution in [3.63, 3.8) is 0 Å². The first-order valence-corrected chi connectivity index (χ1v) is 9.27. The van der Waals surface area contributed by atoms with E-state index in [2.05, 4.69) is 0 Å². The van der Waals surface area contributed by atoms with Crippen LogP contribution in [0.3, 0.4) is 0 Å². The van der Waals surface area contributed by atoms with Crippen molar-refractivity contribution in [2.24, 2.45) is 0 Å². The van der Waals surface area contributed by atoms with Crippen molar-refractivity contribution < 1.29 is 14.4 Å². The molecule has 0 bridgehead atoms. The zero-order chi connectivity index (χ0) is 17.8. The molecule has 0 saturated heterocycles. The molecule has 3 aliphatic rings. The van der Waals surface area contributed by atoms with Crippen LogP contribution in [0.2, 0.25) is 0 Å². The van der Waals surface area contributed by atoms with Crippen molar-refractivity contribution in [2.45, 2.75) is 38.0 Å². The van der Waals surface area contributed by atoms with Crippen LogP contribution in [0, 0.1) is 0 Å². The summed E-state index contributed by atoms with van der Waals surface area (Å²) in [6.07, 6.45) is 3.66. The summed E-state index contributed by atoms with van der Waals surface area (Å²) in [5.74, 6) is 0.564. The first-order chi connectivity index (χ1) is 12.6. The number of carbonyl (C=O) groups is 3. The molecule has 0 spiro atoms. The van der Waals surface area contributed by atoms with Gasteiger partial charge in [0, 0.05) is 47.7 Å². The quantitative estimate of drug-likeness (QED) is 0.787. The molecule has 1 aliphatic heterocycles. The van der Waals surface area contributed by atoms with E-state index in [0.717, 1.165) is 47.2 Å². The lowest BCUT2D eigenvalue weighted by Crippen LogP contribution is -2.30. The lowest BCUT2D eigenvalue weighted by molar-refractivity contribution is 0.0960. The van der Waals surface area contributed by atoms with E-state index in [4.69, 9.17) is 0 Å². The number of ketones is 2. The first kappa shape index (κ1) is 15.5. The maximum absolute atomic E-state index is 13.2. The van der Waals surface area contributed by atoms with Crippen LogP contribution in [-0.2, 0) is 6.42 Å². The van der Waals surface area contributed by atoms with Gasteiger partial charge in [0.05, 0.1) is 0 Å². The Morgan fingerprint density at radius 3 is 2.69 bits per heavy atom. The van der Waals surface area contributed by atoms with Crippen LogP contribution < -0.4 is 4.90 Å². The van der Waals surface area contributed by atoms with E-state index in [1.54, 1.807) is 12.1 Å². The number of hydrogen-bond acceptors (Lipinski definition) is 3. The van der Waals surface area contributed by atoms with Crippen LogP contribution >= 0.6 is 0 Å². The second kappa shape index (κ2) is 5.63. The smallest absolute Gasteiger partial charge is 0.258 e. The first-order valence-electron chi connectivity index (χ1n) is 9.27. The van der Waals surface area contributed by atoms with Crippen molar-refractivity contribution in [3.05, 3.63) is 64.2 Å². The summed E-state index contributed by atoms with van der Waals surface area (Å²) >= 11 is 0. The van der Waals surface area contributed by atoms with Gasteiger partial charge < -0.3 is 4.90 Å². The maximum Gasteiger partial charge on any atom is 0.258 e. The third-order valence-corrected chi connectivity index (χ3v) is 5.95. The summed E-state index contributed by atoms with van der Waals surface area (Å²) < 4.78 is 0. The van der Waals surface area contributed by atoms with Gasteiger partial charge in [-0.05, 0) is 48.6 Å². The van der Waals surface area contributed by atoms with E-state index in [1.165, 1.54) is 0 Å². The molecule has 130 valence electrons. The summed E-state index contributed by atoms with van der Waals surface area (Å²) in [6, 6.07) is 11.1. The zero-order valence-corrected chi connectivity index (χ0v) is 14.5. The fourth-order valence-corrected chi connectivity index (χ4v) is 4.67. The molecular formula is C22H19NO3. The summed E-state index contributed by atoms with van der Waals surface area (Å²) in [5.41, 5.74) is 5.07. The molecule has 5 rings (SSSR count). The van der Waals surface area contributed by atoms with Crippen LogP contribution in [0.1, 0.15) is 73.8 Å². The summed E-state index contributed by atoms with van der Waals surface area (Å²) in [6.45, 7) is 0.633. The molecule has 1 amide bonds. The lowest BCUT2D eigenvalue weighted by Gasteiger charge is -2.20. The minimum absolute atomic E-state index is 0.0407. The van der Waals surface area contributed by atoms with Crippen molar-refractivity contribution in [1.29, 1.82) is 0 Å². The zero-order valence-electron chi connectivity index (χ0n) is 14.5. The Morgan fingerprint density at radius 2 is 1.81 bits per heavy atom. The van der Waals surface area contributed by atoms with Gasteiger partial charge in [0.25, 0.3) is 5.91 Å². The van der Waals surface area contributed by atoms with Gasteiger partial charge in [-0.3, -0.25) is 14.4 Å². The van der Waals surface area contributed by atoms with Crippen LogP contribution in [0.15, 0.2) is 36.4 Å². The van der Waals surface area contributed by atoms with Gasteiger partial charge in [0.1, 0.15) is 0 Å². The molecule has 2 aliphatic carbocycles. The average Bonchev–Trinajstić information content (AvgIpc) is 3.04. The largest absolute Gasteiger partial charge is 0.307 e. The van der Waals surface area contributed by atoms with Gasteiger partial charge in [-0.2, -0.15) is 0 Å². The van der Waals surface area contributed by atoms with Crippen molar-refractivity contribution in [1.82, 2.24) is 0 Å². The third kappa shape index (κ3) is 2.18. The van der Waals surface area contributed by atoms with Gasteiger partial charge in [-0.25, -0.2) is 0 Å².